The van der Waals surface area contributed by atoms with E-state index in [0.717, 1.165) is 19.4 Å². The number of benzene rings is 1. The van der Waals surface area contributed by atoms with E-state index >= 15 is 0 Å². The Hall–Kier alpha value is -1.07. The number of fused-ring (bicyclic) bond motifs is 1. The largest absolute Gasteiger partial charge is 0.444 e. The van der Waals surface area contributed by atoms with E-state index in [4.69, 9.17) is 4.74 Å². The molecule has 1 N–H and O–H groups in total. The van der Waals surface area contributed by atoms with E-state index in [0.29, 0.717) is 19.1 Å². The highest BCUT2D eigenvalue weighted by molar-refractivity contribution is 9.10. The molecule has 1 aromatic carbocycles. The second-order valence-electron chi connectivity index (χ2n) is 6.91. The predicted octanol–water partition coefficient (Wildman–Crippen LogP) is 4.28. The topological polar surface area (TPSA) is 41.6 Å². The Bertz CT molecular complexity index is 554. The molecule has 1 unspecified atom stereocenters. The van der Waals surface area contributed by atoms with Crippen molar-refractivity contribution in [3.05, 3.63) is 33.8 Å². The minimum atomic E-state index is -0.450. The van der Waals surface area contributed by atoms with Crippen molar-refractivity contribution in [3.63, 3.8) is 0 Å². The van der Waals surface area contributed by atoms with Crippen LogP contribution in [0.1, 0.15) is 51.3 Å². The summed E-state index contributed by atoms with van der Waals surface area (Å²) in [4.78, 5) is 13.9. The highest BCUT2D eigenvalue weighted by Crippen LogP contribution is 2.35. The van der Waals surface area contributed by atoms with Crippen LogP contribution in [0.4, 0.5) is 4.79 Å². The minimum absolute atomic E-state index is 0.239. The molecule has 5 heteroatoms. The SMILES string of the molecule is CCN(CCNC1CCc2c(Br)cccc21)C(=O)OC(C)(C)C. The van der Waals surface area contributed by atoms with Crippen LogP contribution in [0.25, 0.3) is 0 Å². The van der Waals surface area contributed by atoms with Crippen LogP contribution < -0.4 is 5.32 Å². The van der Waals surface area contributed by atoms with Crippen LogP contribution in [0.15, 0.2) is 22.7 Å². The summed E-state index contributed by atoms with van der Waals surface area (Å²) < 4.78 is 6.64. The molecule has 0 fully saturated rings. The zero-order chi connectivity index (χ0) is 17.0. The molecule has 1 atom stereocenters. The first-order valence-electron chi connectivity index (χ1n) is 8.30. The Morgan fingerprint density at radius 3 is 2.83 bits per heavy atom. The average Bonchev–Trinajstić information content (AvgIpc) is 2.86. The number of rotatable bonds is 5. The van der Waals surface area contributed by atoms with Crippen LogP contribution in [0, 0.1) is 0 Å². The third kappa shape index (κ3) is 4.95. The number of hydrogen-bond donors (Lipinski definition) is 1. The Balaban J connectivity index is 1.86. The van der Waals surface area contributed by atoms with Crippen LogP contribution in [-0.4, -0.2) is 36.2 Å². The van der Waals surface area contributed by atoms with Gasteiger partial charge in [0.15, 0.2) is 0 Å². The lowest BCUT2D eigenvalue weighted by Gasteiger charge is -2.27. The molecule has 1 aliphatic rings. The van der Waals surface area contributed by atoms with Gasteiger partial charge in [0, 0.05) is 30.1 Å². The summed E-state index contributed by atoms with van der Waals surface area (Å²) in [5.41, 5.74) is 2.33. The highest BCUT2D eigenvalue weighted by atomic mass is 79.9. The molecule has 4 nitrogen and oxygen atoms in total. The maximum absolute atomic E-state index is 12.1. The molecular formula is C18H27BrN2O2. The maximum atomic E-state index is 12.1. The summed E-state index contributed by atoms with van der Waals surface area (Å²) in [6, 6.07) is 6.75. The fraction of sp³-hybridized carbons (Fsp3) is 0.611. The van der Waals surface area contributed by atoms with Gasteiger partial charge in [0.2, 0.25) is 0 Å². The second kappa shape index (κ2) is 7.67. The van der Waals surface area contributed by atoms with Crippen LogP contribution in [-0.2, 0) is 11.2 Å². The van der Waals surface area contributed by atoms with E-state index in [-0.39, 0.29) is 6.09 Å². The standard InChI is InChI=1S/C18H27BrN2O2/c1-5-21(17(22)23-18(2,3)4)12-11-20-16-10-9-13-14(16)7-6-8-15(13)19/h6-8,16,20H,5,9-12H2,1-4H3. The molecule has 1 aromatic rings. The molecule has 0 bridgehead atoms. The first kappa shape index (κ1) is 18.3. The lowest BCUT2D eigenvalue weighted by Crippen LogP contribution is -2.40. The summed E-state index contributed by atoms with van der Waals surface area (Å²) in [5.74, 6) is 0. The smallest absolute Gasteiger partial charge is 0.410 e. The fourth-order valence-electron chi connectivity index (χ4n) is 2.90. The van der Waals surface area contributed by atoms with Crippen LogP contribution in [0.3, 0.4) is 0 Å². The number of carbonyl (C=O) groups is 1. The second-order valence-corrected chi connectivity index (χ2v) is 7.77. The van der Waals surface area contributed by atoms with Gasteiger partial charge in [-0.25, -0.2) is 4.79 Å². The summed E-state index contributed by atoms with van der Waals surface area (Å²) >= 11 is 3.63. The van der Waals surface area contributed by atoms with Gasteiger partial charge < -0.3 is 15.0 Å². The maximum Gasteiger partial charge on any atom is 0.410 e. The van der Waals surface area contributed by atoms with Crippen molar-refractivity contribution in [2.75, 3.05) is 19.6 Å². The quantitative estimate of drug-likeness (QED) is 0.825. The molecule has 0 spiro atoms. The monoisotopic (exact) mass is 382 g/mol. The van der Waals surface area contributed by atoms with Crippen molar-refractivity contribution in [3.8, 4) is 0 Å². The van der Waals surface area contributed by atoms with Gasteiger partial charge in [0.25, 0.3) is 0 Å². The Labute approximate surface area is 147 Å². The Kier molecular flexibility index (Phi) is 6.09. The van der Waals surface area contributed by atoms with Crippen LogP contribution in [0.5, 0.6) is 0 Å². The lowest BCUT2D eigenvalue weighted by molar-refractivity contribution is 0.0261. The number of nitrogens with one attached hydrogen (secondary N) is 1. The molecule has 1 amide bonds. The number of hydrogen-bond acceptors (Lipinski definition) is 3. The van der Waals surface area contributed by atoms with Crippen LogP contribution in [0.2, 0.25) is 0 Å². The summed E-state index contributed by atoms with van der Waals surface area (Å²) in [6.07, 6.45) is 1.96. The zero-order valence-corrected chi connectivity index (χ0v) is 16.1. The van der Waals surface area contributed by atoms with Gasteiger partial charge in [0.05, 0.1) is 0 Å². The van der Waals surface area contributed by atoms with E-state index in [1.807, 2.05) is 27.7 Å². The molecule has 2 rings (SSSR count). The number of ether oxygens (including phenoxy) is 1. The van der Waals surface area contributed by atoms with E-state index in [1.165, 1.54) is 15.6 Å². The van der Waals surface area contributed by atoms with Gasteiger partial charge in [-0.05, 0) is 57.7 Å². The minimum Gasteiger partial charge on any atom is -0.444 e. The van der Waals surface area contributed by atoms with E-state index < -0.39 is 5.60 Å². The molecule has 0 aliphatic heterocycles. The molecule has 23 heavy (non-hydrogen) atoms. The van der Waals surface area contributed by atoms with Crippen molar-refractivity contribution < 1.29 is 9.53 Å². The highest BCUT2D eigenvalue weighted by Gasteiger charge is 2.24. The number of carbonyl (C=O) groups excluding carboxylic acids is 1. The summed E-state index contributed by atoms with van der Waals surface area (Å²) in [5, 5.41) is 3.58. The number of nitrogens with zero attached hydrogens (tertiary/aromatic N) is 1. The van der Waals surface area contributed by atoms with Gasteiger partial charge in [-0.2, -0.15) is 0 Å². The van der Waals surface area contributed by atoms with Crippen molar-refractivity contribution in [2.24, 2.45) is 0 Å². The third-order valence-electron chi connectivity index (χ3n) is 4.02. The molecule has 0 heterocycles. The first-order valence-corrected chi connectivity index (χ1v) is 9.09. The van der Waals surface area contributed by atoms with E-state index in [2.05, 4.69) is 39.4 Å². The van der Waals surface area contributed by atoms with E-state index in [1.54, 1.807) is 4.90 Å². The van der Waals surface area contributed by atoms with Gasteiger partial charge in [-0.1, -0.05) is 28.1 Å². The lowest BCUT2D eigenvalue weighted by atomic mass is 10.1. The summed E-state index contributed by atoms with van der Waals surface area (Å²) in [6.45, 7) is 9.74. The molecule has 0 saturated carbocycles. The molecule has 0 radical (unpaired) electrons. The van der Waals surface area contributed by atoms with Gasteiger partial charge in [-0.3, -0.25) is 0 Å². The van der Waals surface area contributed by atoms with Crippen molar-refractivity contribution in [2.45, 2.75) is 52.2 Å². The van der Waals surface area contributed by atoms with Crippen molar-refractivity contribution in [1.82, 2.24) is 10.2 Å². The fourth-order valence-corrected chi connectivity index (χ4v) is 3.48. The Morgan fingerprint density at radius 2 is 2.17 bits per heavy atom. The molecule has 1 aliphatic carbocycles. The average molecular weight is 383 g/mol. The van der Waals surface area contributed by atoms with Gasteiger partial charge in [-0.15, -0.1) is 0 Å². The van der Waals surface area contributed by atoms with Crippen molar-refractivity contribution >= 4 is 22.0 Å². The summed E-state index contributed by atoms with van der Waals surface area (Å²) in [7, 11) is 0. The molecule has 0 saturated heterocycles. The van der Waals surface area contributed by atoms with Crippen LogP contribution >= 0.6 is 15.9 Å². The van der Waals surface area contributed by atoms with Gasteiger partial charge in [0.1, 0.15) is 5.60 Å². The predicted molar refractivity (Wildman–Crippen MR) is 96.7 cm³/mol. The van der Waals surface area contributed by atoms with E-state index in [9.17, 15) is 4.79 Å². The Morgan fingerprint density at radius 1 is 1.43 bits per heavy atom. The third-order valence-corrected chi connectivity index (χ3v) is 4.76. The molecule has 0 aromatic heterocycles. The van der Waals surface area contributed by atoms with Gasteiger partial charge >= 0.3 is 6.09 Å². The molecular weight excluding hydrogens is 356 g/mol. The zero-order valence-electron chi connectivity index (χ0n) is 14.5. The number of halogens is 1. The van der Waals surface area contributed by atoms with Crippen molar-refractivity contribution in [1.29, 1.82) is 0 Å². The molecule has 128 valence electrons. The first-order chi connectivity index (χ1) is 10.8. The number of likely N-dealkylation sites (N-methyl/N-ethyl adjacent to an activating group) is 1. The number of amides is 1. The normalized spacial score (nSPS) is 17.0.